The fourth-order valence-electron chi connectivity index (χ4n) is 3.27. The normalized spacial score (nSPS) is 40.3. The maximum Gasteiger partial charge on any atom is 0.394 e. The molecule has 2 aliphatic rings. The Kier molecular flexibility index (Phi) is 5.27. The first-order valence-corrected chi connectivity index (χ1v) is 7.49. The number of hydrogen-bond donors (Lipinski definition) is 1. The minimum absolute atomic E-state index is 0.0415. The average Bonchev–Trinajstić information content (AvgIpc) is 2.42. The van der Waals surface area contributed by atoms with E-state index in [2.05, 4.69) is 5.32 Å². The van der Waals surface area contributed by atoms with E-state index in [4.69, 9.17) is 0 Å². The highest BCUT2D eigenvalue weighted by atomic mass is 19.4. The van der Waals surface area contributed by atoms with Gasteiger partial charge in [0.25, 0.3) is 0 Å². The summed E-state index contributed by atoms with van der Waals surface area (Å²) in [5.74, 6) is -4.05. The van der Waals surface area contributed by atoms with Gasteiger partial charge in [-0.15, -0.1) is 0 Å². The SMILES string of the molecule is O=C(NC1C(F)CCCC1F)C1CCC(F)C(C(F)(F)F)C1. The molecule has 0 heterocycles. The maximum atomic E-state index is 13.7. The summed E-state index contributed by atoms with van der Waals surface area (Å²) >= 11 is 0. The van der Waals surface area contributed by atoms with Gasteiger partial charge in [0, 0.05) is 5.92 Å². The average molecular weight is 331 g/mol. The predicted molar refractivity (Wildman–Crippen MR) is 67.4 cm³/mol. The van der Waals surface area contributed by atoms with Crippen molar-refractivity contribution in [1.29, 1.82) is 0 Å². The van der Waals surface area contributed by atoms with Crippen molar-refractivity contribution in [2.75, 3.05) is 0 Å². The highest BCUT2D eigenvalue weighted by molar-refractivity contribution is 5.79. The van der Waals surface area contributed by atoms with Gasteiger partial charge in [0.1, 0.15) is 18.5 Å². The molecule has 0 spiro atoms. The molecule has 2 saturated carbocycles. The third kappa shape index (κ3) is 3.87. The van der Waals surface area contributed by atoms with E-state index in [9.17, 15) is 31.1 Å². The number of carbonyl (C=O) groups is 1. The molecule has 0 aromatic rings. The molecule has 0 aromatic carbocycles. The highest BCUT2D eigenvalue weighted by Gasteiger charge is 2.49. The Morgan fingerprint density at radius 3 is 2.05 bits per heavy atom. The minimum Gasteiger partial charge on any atom is -0.347 e. The van der Waals surface area contributed by atoms with Crippen molar-refractivity contribution in [3.8, 4) is 0 Å². The van der Waals surface area contributed by atoms with Gasteiger partial charge in [0.05, 0.1) is 12.0 Å². The van der Waals surface area contributed by atoms with Crippen LogP contribution in [0.5, 0.6) is 0 Å². The first kappa shape index (κ1) is 17.4. The lowest BCUT2D eigenvalue weighted by molar-refractivity contribution is -0.202. The molecular formula is C14H19F6NO. The summed E-state index contributed by atoms with van der Waals surface area (Å²) in [6.07, 6.45) is -10.3. The van der Waals surface area contributed by atoms with Crippen molar-refractivity contribution in [1.82, 2.24) is 5.32 Å². The van der Waals surface area contributed by atoms with Gasteiger partial charge in [-0.25, -0.2) is 13.2 Å². The first-order chi connectivity index (χ1) is 10.2. The van der Waals surface area contributed by atoms with Crippen LogP contribution in [0, 0.1) is 11.8 Å². The molecule has 1 N–H and O–H groups in total. The van der Waals surface area contributed by atoms with E-state index in [1.165, 1.54) is 0 Å². The van der Waals surface area contributed by atoms with Crippen LogP contribution in [0.25, 0.3) is 0 Å². The highest BCUT2D eigenvalue weighted by Crippen LogP contribution is 2.41. The summed E-state index contributed by atoms with van der Waals surface area (Å²) < 4.78 is 78.9. The number of halogens is 6. The molecule has 0 saturated heterocycles. The fraction of sp³-hybridized carbons (Fsp3) is 0.929. The molecule has 2 fully saturated rings. The Morgan fingerprint density at radius 2 is 1.50 bits per heavy atom. The Balaban J connectivity index is 1.97. The minimum atomic E-state index is -4.71. The largest absolute Gasteiger partial charge is 0.394 e. The number of rotatable bonds is 2. The molecular weight excluding hydrogens is 312 g/mol. The predicted octanol–water partition coefficient (Wildman–Crippen LogP) is 3.65. The zero-order valence-corrected chi connectivity index (χ0v) is 11.9. The van der Waals surface area contributed by atoms with Crippen LogP contribution in [-0.2, 0) is 4.79 Å². The van der Waals surface area contributed by atoms with Crippen molar-refractivity contribution in [3.63, 3.8) is 0 Å². The number of nitrogens with one attached hydrogen (secondary N) is 1. The number of carbonyl (C=O) groups excluding carboxylic acids is 1. The molecule has 128 valence electrons. The van der Waals surface area contributed by atoms with Gasteiger partial charge < -0.3 is 5.32 Å². The molecule has 0 aliphatic heterocycles. The molecule has 8 heteroatoms. The van der Waals surface area contributed by atoms with Crippen LogP contribution in [0.2, 0.25) is 0 Å². The smallest absolute Gasteiger partial charge is 0.347 e. The first-order valence-electron chi connectivity index (χ1n) is 7.49. The lowest BCUT2D eigenvalue weighted by Gasteiger charge is -2.35. The van der Waals surface area contributed by atoms with Gasteiger partial charge in [0.2, 0.25) is 5.91 Å². The summed E-state index contributed by atoms with van der Waals surface area (Å²) in [4.78, 5) is 12.0. The molecule has 0 bridgehead atoms. The van der Waals surface area contributed by atoms with Crippen LogP contribution in [-0.4, -0.2) is 36.6 Å². The number of hydrogen-bond acceptors (Lipinski definition) is 1. The van der Waals surface area contributed by atoms with E-state index >= 15 is 0 Å². The molecule has 0 aromatic heterocycles. The van der Waals surface area contributed by atoms with E-state index in [-0.39, 0.29) is 25.7 Å². The van der Waals surface area contributed by atoms with Crippen molar-refractivity contribution >= 4 is 5.91 Å². The van der Waals surface area contributed by atoms with Gasteiger partial charge in [0.15, 0.2) is 0 Å². The molecule has 2 aliphatic carbocycles. The van der Waals surface area contributed by atoms with E-state index in [1.807, 2.05) is 0 Å². The Labute approximate surface area is 124 Å². The van der Waals surface area contributed by atoms with Gasteiger partial charge >= 0.3 is 6.18 Å². The Morgan fingerprint density at radius 1 is 0.909 bits per heavy atom. The van der Waals surface area contributed by atoms with E-state index < -0.39 is 54.9 Å². The quantitative estimate of drug-likeness (QED) is 0.769. The number of amides is 1. The second-order valence-electron chi connectivity index (χ2n) is 6.17. The lowest BCUT2D eigenvalue weighted by Crippen LogP contribution is -2.52. The number of alkyl halides is 6. The third-order valence-corrected chi connectivity index (χ3v) is 4.61. The van der Waals surface area contributed by atoms with Crippen molar-refractivity contribution in [3.05, 3.63) is 0 Å². The second kappa shape index (κ2) is 6.66. The molecule has 5 atom stereocenters. The van der Waals surface area contributed by atoms with E-state index in [0.29, 0.717) is 6.42 Å². The topological polar surface area (TPSA) is 29.1 Å². The Hall–Kier alpha value is -0.950. The summed E-state index contributed by atoms with van der Waals surface area (Å²) in [5.41, 5.74) is 0. The second-order valence-corrected chi connectivity index (χ2v) is 6.17. The third-order valence-electron chi connectivity index (χ3n) is 4.61. The van der Waals surface area contributed by atoms with Gasteiger partial charge in [-0.2, -0.15) is 13.2 Å². The van der Waals surface area contributed by atoms with E-state index in [0.717, 1.165) is 0 Å². The molecule has 2 rings (SSSR count). The monoisotopic (exact) mass is 331 g/mol. The van der Waals surface area contributed by atoms with Crippen LogP contribution >= 0.6 is 0 Å². The van der Waals surface area contributed by atoms with Gasteiger partial charge in [-0.3, -0.25) is 4.79 Å². The lowest BCUT2D eigenvalue weighted by atomic mass is 9.79. The maximum absolute atomic E-state index is 13.7. The molecule has 22 heavy (non-hydrogen) atoms. The van der Waals surface area contributed by atoms with Crippen LogP contribution in [0.1, 0.15) is 38.5 Å². The van der Waals surface area contributed by atoms with Crippen molar-refractivity contribution < 1.29 is 31.1 Å². The molecule has 5 unspecified atom stereocenters. The molecule has 0 radical (unpaired) electrons. The summed E-state index contributed by atoms with van der Waals surface area (Å²) in [5, 5.41) is 2.20. The van der Waals surface area contributed by atoms with E-state index in [1.54, 1.807) is 0 Å². The molecule has 1 amide bonds. The fourth-order valence-corrected chi connectivity index (χ4v) is 3.27. The van der Waals surface area contributed by atoms with Crippen molar-refractivity contribution in [2.45, 2.75) is 69.3 Å². The zero-order valence-electron chi connectivity index (χ0n) is 11.9. The summed E-state index contributed by atoms with van der Waals surface area (Å²) in [6.45, 7) is 0. The Bertz CT molecular complexity index is 391. The summed E-state index contributed by atoms with van der Waals surface area (Å²) in [7, 11) is 0. The van der Waals surface area contributed by atoms with Crippen LogP contribution in [0.3, 0.4) is 0 Å². The summed E-state index contributed by atoms with van der Waals surface area (Å²) in [6, 6.07) is -1.31. The molecule has 2 nitrogen and oxygen atoms in total. The van der Waals surface area contributed by atoms with Gasteiger partial charge in [-0.05, 0) is 38.5 Å². The standard InChI is InChI=1S/C14H19F6NO/c15-9-5-4-7(6-8(9)14(18,19)20)13(22)21-12-10(16)2-1-3-11(12)17/h7-12H,1-6H2,(H,21,22). The van der Waals surface area contributed by atoms with Crippen molar-refractivity contribution in [2.24, 2.45) is 11.8 Å². The van der Waals surface area contributed by atoms with Crippen LogP contribution in [0.4, 0.5) is 26.3 Å². The van der Waals surface area contributed by atoms with Gasteiger partial charge in [-0.1, -0.05) is 0 Å². The zero-order chi connectivity index (χ0) is 16.5. The van der Waals surface area contributed by atoms with Crippen LogP contribution < -0.4 is 5.32 Å². The van der Waals surface area contributed by atoms with Crippen LogP contribution in [0.15, 0.2) is 0 Å².